The molecule has 1 amide bonds. The summed E-state index contributed by atoms with van der Waals surface area (Å²) in [6.45, 7) is 7.75. The Labute approximate surface area is 177 Å². The van der Waals surface area contributed by atoms with Gasteiger partial charge in [0.15, 0.2) is 16.0 Å². The highest BCUT2D eigenvalue weighted by molar-refractivity contribution is 7.16. The van der Waals surface area contributed by atoms with Crippen LogP contribution in [-0.4, -0.2) is 23.7 Å². The van der Waals surface area contributed by atoms with Crippen LogP contribution in [0.3, 0.4) is 0 Å². The summed E-state index contributed by atoms with van der Waals surface area (Å²) in [7, 11) is 0. The number of aromatic nitrogens is 1. The number of hydrogen-bond acceptors (Lipinski definition) is 5. The summed E-state index contributed by atoms with van der Waals surface area (Å²) in [6.07, 6.45) is 0. The molecular weight excluding hydrogens is 400 g/mol. The largest absolute Gasteiger partial charge is 0.451 e. The number of carbonyl (C=O) groups excluding carboxylic acids is 1. The van der Waals surface area contributed by atoms with Gasteiger partial charge in [0.1, 0.15) is 5.58 Å². The van der Waals surface area contributed by atoms with Crippen molar-refractivity contribution in [3.05, 3.63) is 74.4 Å². The number of amides is 1. The van der Waals surface area contributed by atoms with Gasteiger partial charge in [-0.2, -0.15) is 4.99 Å². The lowest BCUT2D eigenvalue weighted by Crippen LogP contribution is -2.20. The first-order chi connectivity index (χ1) is 14.5. The predicted molar refractivity (Wildman–Crippen MR) is 118 cm³/mol. The molecule has 154 valence electrons. The molecule has 0 unspecified atom stereocenters. The second kappa shape index (κ2) is 8.38. The number of rotatable bonds is 5. The molecule has 4 rings (SSSR count). The minimum absolute atomic E-state index is 0.0691. The number of benzene rings is 2. The highest BCUT2D eigenvalue weighted by Gasteiger charge is 2.14. The average molecular weight is 423 g/mol. The van der Waals surface area contributed by atoms with Crippen molar-refractivity contribution in [3.63, 3.8) is 0 Å². The Hall–Kier alpha value is -3.03. The van der Waals surface area contributed by atoms with Crippen molar-refractivity contribution in [1.82, 2.24) is 4.57 Å². The van der Waals surface area contributed by atoms with E-state index >= 15 is 0 Å². The molecule has 0 aliphatic carbocycles. The van der Waals surface area contributed by atoms with Gasteiger partial charge in [0.05, 0.1) is 22.2 Å². The van der Waals surface area contributed by atoms with Crippen LogP contribution in [0.4, 0.5) is 0 Å². The van der Waals surface area contributed by atoms with E-state index in [-0.39, 0.29) is 11.2 Å². The van der Waals surface area contributed by atoms with Gasteiger partial charge in [-0.05, 0) is 50.1 Å². The van der Waals surface area contributed by atoms with Gasteiger partial charge in [0.2, 0.25) is 0 Å². The first-order valence-electron chi connectivity index (χ1n) is 9.78. The number of para-hydroxylation sites is 1. The predicted octanol–water partition coefficient (Wildman–Crippen LogP) is 4.20. The van der Waals surface area contributed by atoms with Crippen molar-refractivity contribution < 1.29 is 13.9 Å². The minimum atomic E-state index is -0.580. The second-order valence-corrected chi connectivity index (χ2v) is 8.03. The molecule has 0 saturated heterocycles. The Bertz CT molecular complexity index is 1380. The lowest BCUT2D eigenvalue weighted by Gasteiger charge is -2.07. The number of hydrogen-bond donors (Lipinski definition) is 0. The Morgan fingerprint density at radius 1 is 1.20 bits per heavy atom. The normalized spacial score (nSPS) is 12.2. The fourth-order valence-electron chi connectivity index (χ4n) is 3.47. The van der Waals surface area contributed by atoms with E-state index in [4.69, 9.17) is 9.15 Å². The van der Waals surface area contributed by atoms with Gasteiger partial charge in [-0.15, -0.1) is 0 Å². The molecule has 0 aliphatic rings. The molecule has 30 heavy (non-hydrogen) atoms. The molecule has 4 aromatic rings. The molecule has 0 spiro atoms. The molecule has 2 aromatic carbocycles. The topological polar surface area (TPSA) is 73.8 Å². The van der Waals surface area contributed by atoms with E-state index in [0.717, 1.165) is 21.3 Å². The van der Waals surface area contributed by atoms with Gasteiger partial charge in [0.25, 0.3) is 0 Å². The van der Waals surface area contributed by atoms with E-state index in [1.807, 2.05) is 25.3 Å². The second-order valence-electron chi connectivity index (χ2n) is 7.05. The molecular formula is C23H22N2O4S. The van der Waals surface area contributed by atoms with Gasteiger partial charge in [-0.1, -0.05) is 29.5 Å². The van der Waals surface area contributed by atoms with Crippen molar-refractivity contribution in [2.75, 3.05) is 13.2 Å². The summed E-state index contributed by atoms with van der Waals surface area (Å²) in [6, 6.07) is 12.3. The Morgan fingerprint density at radius 3 is 2.80 bits per heavy atom. The lowest BCUT2D eigenvalue weighted by atomic mass is 10.1. The highest BCUT2D eigenvalue weighted by Crippen LogP contribution is 2.23. The van der Waals surface area contributed by atoms with Crippen molar-refractivity contribution in [3.8, 4) is 0 Å². The lowest BCUT2D eigenvalue weighted by molar-refractivity contribution is 0.0971. The third kappa shape index (κ3) is 3.86. The SMILES string of the molecule is CCOCCn1c(=NC(=O)c2cc(=O)c3ccccc3o2)sc2c(C)cc(C)cc21. The first-order valence-corrected chi connectivity index (χ1v) is 10.6. The summed E-state index contributed by atoms with van der Waals surface area (Å²) in [5.41, 5.74) is 3.40. The Balaban J connectivity index is 1.85. The van der Waals surface area contributed by atoms with E-state index < -0.39 is 5.91 Å². The standard InChI is InChI=1S/C23H22N2O4S/c1-4-28-10-9-25-17-12-14(2)11-15(3)21(17)30-23(25)24-22(27)20-13-18(26)16-7-5-6-8-19(16)29-20/h5-8,11-13H,4,9-10H2,1-3H3. The van der Waals surface area contributed by atoms with Gasteiger partial charge in [-0.3, -0.25) is 9.59 Å². The van der Waals surface area contributed by atoms with Crippen LogP contribution in [0.1, 0.15) is 28.6 Å². The summed E-state index contributed by atoms with van der Waals surface area (Å²) in [4.78, 5) is 30.1. The molecule has 0 atom stereocenters. The molecule has 2 heterocycles. The molecule has 0 bridgehead atoms. The molecule has 7 heteroatoms. The van der Waals surface area contributed by atoms with Crippen molar-refractivity contribution in [2.45, 2.75) is 27.3 Å². The fourth-order valence-corrected chi connectivity index (χ4v) is 4.57. The van der Waals surface area contributed by atoms with Gasteiger partial charge >= 0.3 is 5.91 Å². The maximum Gasteiger partial charge on any atom is 0.315 e. The number of nitrogens with zero attached hydrogens (tertiary/aromatic N) is 2. The average Bonchev–Trinajstić information content (AvgIpc) is 3.05. The van der Waals surface area contributed by atoms with Gasteiger partial charge in [-0.25, -0.2) is 0 Å². The zero-order chi connectivity index (χ0) is 21.3. The number of ether oxygens (including phenoxy) is 1. The Morgan fingerprint density at radius 2 is 2.00 bits per heavy atom. The van der Waals surface area contributed by atoms with Crippen molar-refractivity contribution in [1.29, 1.82) is 0 Å². The molecule has 2 aromatic heterocycles. The summed E-state index contributed by atoms with van der Waals surface area (Å²) in [5, 5.41) is 0.439. The van der Waals surface area contributed by atoms with E-state index in [0.29, 0.717) is 35.5 Å². The van der Waals surface area contributed by atoms with E-state index in [1.165, 1.54) is 17.4 Å². The fraction of sp³-hybridized carbons (Fsp3) is 0.261. The molecule has 0 N–H and O–H groups in total. The number of carbonyl (C=O) groups is 1. The summed E-state index contributed by atoms with van der Waals surface area (Å²) < 4.78 is 14.2. The van der Waals surface area contributed by atoms with Crippen LogP contribution in [-0.2, 0) is 11.3 Å². The highest BCUT2D eigenvalue weighted by atomic mass is 32.1. The van der Waals surface area contributed by atoms with Crippen molar-refractivity contribution in [2.24, 2.45) is 4.99 Å². The zero-order valence-corrected chi connectivity index (χ0v) is 17.9. The van der Waals surface area contributed by atoms with E-state index in [2.05, 4.69) is 17.1 Å². The smallest absolute Gasteiger partial charge is 0.315 e. The van der Waals surface area contributed by atoms with Crippen molar-refractivity contribution >= 4 is 38.4 Å². The molecule has 6 nitrogen and oxygen atoms in total. The van der Waals surface area contributed by atoms with Gasteiger partial charge in [0, 0.05) is 19.2 Å². The first kappa shape index (κ1) is 20.3. The summed E-state index contributed by atoms with van der Waals surface area (Å²) >= 11 is 1.45. The van der Waals surface area contributed by atoms with Crippen LogP contribution in [0.5, 0.6) is 0 Å². The maximum absolute atomic E-state index is 12.9. The molecule has 0 fully saturated rings. The van der Waals surface area contributed by atoms with E-state index in [9.17, 15) is 9.59 Å². The number of fused-ring (bicyclic) bond motifs is 2. The molecule has 0 aliphatic heterocycles. The third-order valence-corrected chi connectivity index (χ3v) is 6.05. The third-order valence-electron chi connectivity index (χ3n) is 4.82. The number of thiazole rings is 1. The molecule has 0 saturated carbocycles. The van der Waals surface area contributed by atoms with Gasteiger partial charge < -0.3 is 13.7 Å². The van der Waals surface area contributed by atoms with Crippen LogP contribution >= 0.6 is 11.3 Å². The van der Waals surface area contributed by atoms with Crippen LogP contribution in [0.15, 0.2) is 56.7 Å². The van der Waals surface area contributed by atoms with Crippen LogP contribution in [0.2, 0.25) is 0 Å². The van der Waals surface area contributed by atoms with Crippen LogP contribution in [0.25, 0.3) is 21.2 Å². The number of aryl methyl sites for hydroxylation is 2. The maximum atomic E-state index is 12.9. The van der Waals surface area contributed by atoms with E-state index in [1.54, 1.807) is 24.3 Å². The summed E-state index contributed by atoms with van der Waals surface area (Å²) in [5.74, 6) is -0.649. The monoisotopic (exact) mass is 422 g/mol. The Kier molecular flexibility index (Phi) is 5.65. The zero-order valence-electron chi connectivity index (χ0n) is 17.1. The van der Waals surface area contributed by atoms with Crippen LogP contribution in [0, 0.1) is 13.8 Å². The minimum Gasteiger partial charge on any atom is -0.451 e. The van der Waals surface area contributed by atoms with Crippen LogP contribution < -0.4 is 10.2 Å². The quantitative estimate of drug-likeness (QED) is 0.452. The molecule has 0 radical (unpaired) electrons.